The maximum atomic E-state index is 5.80. The van der Waals surface area contributed by atoms with Crippen LogP contribution < -0.4 is 9.75 Å². The van der Waals surface area contributed by atoms with Crippen LogP contribution in [0.3, 0.4) is 0 Å². The fourth-order valence-corrected chi connectivity index (χ4v) is 2.08. The number of hydrogen-bond acceptors (Lipinski definition) is 3. The van der Waals surface area contributed by atoms with Crippen molar-refractivity contribution in [2.75, 3.05) is 32.1 Å². The molecule has 1 heterocycles. The lowest BCUT2D eigenvalue weighted by Gasteiger charge is -2.18. The predicted octanol–water partition coefficient (Wildman–Crippen LogP) is 2.02. The zero-order valence-corrected chi connectivity index (χ0v) is 11.0. The third-order valence-corrected chi connectivity index (χ3v) is 2.81. The molecule has 0 fully saturated rings. The molecule has 2 aromatic rings. The Morgan fingerprint density at radius 2 is 2.18 bits per heavy atom. The van der Waals surface area contributed by atoms with Crippen LogP contribution in [0.5, 0.6) is 5.75 Å². The second-order valence-electron chi connectivity index (χ2n) is 3.98. The molecule has 17 heavy (non-hydrogen) atoms. The summed E-state index contributed by atoms with van der Waals surface area (Å²) < 4.78 is 7.30. The fraction of sp³-hybridized carbons (Fsp3) is 0.417. The lowest BCUT2D eigenvalue weighted by molar-refractivity contribution is 0.415. The molecule has 4 nitrogen and oxygen atoms in total. The van der Waals surface area contributed by atoms with Crippen LogP contribution in [-0.2, 0) is 6.42 Å². The van der Waals surface area contributed by atoms with Gasteiger partial charge in [0.05, 0.1) is 18.1 Å². The molecular weight excluding hydrogens is 238 g/mol. The summed E-state index contributed by atoms with van der Waals surface area (Å²) in [6.45, 7) is 0. The van der Waals surface area contributed by atoms with E-state index in [9.17, 15) is 0 Å². The summed E-state index contributed by atoms with van der Waals surface area (Å²) in [5.74, 6) is 2.36. The minimum atomic E-state index is 0.564. The molecule has 0 aliphatic carbocycles. The van der Waals surface area contributed by atoms with Crippen molar-refractivity contribution in [2.45, 2.75) is 6.42 Å². The number of fused-ring (bicyclic) bond motifs is 1. The normalized spacial score (nSPS) is 10.8. The second kappa shape index (κ2) is 4.84. The molecule has 0 aliphatic heterocycles. The SMILES string of the molecule is COc1ccc2nc(CCCl)n(N(C)C)c2c1. The lowest BCUT2D eigenvalue weighted by atomic mass is 10.3. The molecule has 0 saturated heterocycles. The minimum absolute atomic E-state index is 0.564. The summed E-state index contributed by atoms with van der Waals surface area (Å²) >= 11 is 5.80. The van der Waals surface area contributed by atoms with Gasteiger partial charge in [0.15, 0.2) is 0 Å². The van der Waals surface area contributed by atoms with Gasteiger partial charge in [-0.1, -0.05) is 0 Å². The van der Waals surface area contributed by atoms with Gasteiger partial charge in [0.2, 0.25) is 0 Å². The Morgan fingerprint density at radius 3 is 2.76 bits per heavy atom. The molecule has 0 amide bonds. The van der Waals surface area contributed by atoms with Crippen LogP contribution in [0.1, 0.15) is 5.82 Å². The van der Waals surface area contributed by atoms with Crippen molar-refractivity contribution in [1.29, 1.82) is 0 Å². The summed E-state index contributed by atoms with van der Waals surface area (Å²) in [6, 6.07) is 5.87. The van der Waals surface area contributed by atoms with Gasteiger partial charge in [0, 0.05) is 32.5 Å². The molecule has 0 radical (unpaired) electrons. The van der Waals surface area contributed by atoms with Gasteiger partial charge >= 0.3 is 0 Å². The van der Waals surface area contributed by atoms with Crippen molar-refractivity contribution in [3.63, 3.8) is 0 Å². The summed E-state index contributed by atoms with van der Waals surface area (Å²) in [4.78, 5) is 4.58. The molecule has 0 saturated carbocycles. The van der Waals surface area contributed by atoms with E-state index in [1.807, 2.05) is 37.3 Å². The monoisotopic (exact) mass is 253 g/mol. The number of aromatic nitrogens is 2. The summed E-state index contributed by atoms with van der Waals surface area (Å²) in [5, 5.41) is 2.00. The number of hydrogen-bond donors (Lipinski definition) is 0. The van der Waals surface area contributed by atoms with E-state index in [1.54, 1.807) is 7.11 Å². The molecule has 0 atom stereocenters. The van der Waals surface area contributed by atoms with E-state index in [0.717, 1.165) is 29.0 Å². The molecule has 0 bridgehead atoms. The Kier molecular flexibility index (Phi) is 3.43. The van der Waals surface area contributed by atoms with E-state index in [1.165, 1.54) is 0 Å². The van der Waals surface area contributed by atoms with Crippen molar-refractivity contribution in [1.82, 2.24) is 9.66 Å². The number of aryl methyl sites for hydroxylation is 1. The molecule has 5 heteroatoms. The van der Waals surface area contributed by atoms with Gasteiger partial charge in [-0.3, -0.25) is 0 Å². The topological polar surface area (TPSA) is 30.3 Å². The lowest BCUT2D eigenvalue weighted by Crippen LogP contribution is -2.27. The average molecular weight is 254 g/mol. The quantitative estimate of drug-likeness (QED) is 0.781. The van der Waals surface area contributed by atoms with Crippen molar-refractivity contribution in [3.05, 3.63) is 24.0 Å². The molecule has 0 spiro atoms. The van der Waals surface area contributed by atoms with E-state index in [2.05, 4.69) is 9.66 Å². The fourth-order valence-electron chi connectivity index (χ4n) is 1.91. The first-order valence-corrected chi connectivity index (χ1v) is 5.99. The smallest absolute Gasteiger partial charge is 0.130 e. The van der Waals surface area contributed by atoms with E-state index < -0.39 is 0 Å². The number of ether oxygens (including phenoxy) is 1. The third-order valence-electron chi connectivity index (χ3n) is 2.62. The van der Waals surface area contributed by atoms with E-state index in [4.69, 9.17) is 16.3 Å². The number of imidazole rings is 1. The highest BCUT2D eigenvalue weighted by Crippen LogP contribution is 2.22. The van der Waals surface area contributed by atoms with Crippen LogP contribution in [0.15, 0.2) is 18.2 Å². The predicted molar refractivity (Wildman–Crippen MR) is 70.8 cm³/mol. The highest BCUT2D eigenvalue weighted by molar-refractivity contribution is 6.17. The molecule has 0 N–H and O–H groups in total. The average Bonchev–Trinajstić information content (AvgIpc) is 2.66. The van der Waals surface area contributed by atoms with E-state index in [0.29, 0.717) is 5.88 Å². The van der Waals surface area contributed by atoms with Crippen LogP contribution in [0, 0.1) is 0 Å². The van der Waals surface area contributed by atoms with Crippen LogP contribution >= 0.6 is 11.6 Å². The summed E-state index contributed by atoms with van der Waals surface area (Å²) in [5.41, 5.74) is 1.99. The Labute approximate surface area is 106 Å². The van der Waals surface area contributed by atoms with Gasteiger partial charge in [0.25, 0.3) is 0 Å². The van der Waals surface area contributed by atoms with Crippen LogP contribution in [0.4, 0.5) is 0 Å². The van der Waals surface area contributed by atoms with Gasteiger partial charge in [0.1, 0.15) is 11.6 Å². The van der Waals surface area contributed by atoms with Gasteiger partial charge in [-0.2, -0.15) is 0 Å². The number of halogens is 1. The zero-order chi connectivity index (χ0) is 12.4. The van der Waals surface area contributed by atoms with Crippen molar-refractivity contribution in [3.8, 4) is 5.75 Å². The number of benzene rings is 1. The number of alkyl halides is 1. The zero-order valence-electron chi connectivity index (χ0n) is 10.3. The highest BCUT2D eigenvalue weighted by atomic mass is 35.5. The molecule has 92 valence electrons. The van der Waals surface area contributed by atoms with Gasteiger partial charge in [-0.05, 0) is 12.1 Å². The van der Waals surface area contributed by atoms with Gasteiger partial charge in [-0.15, -0.1) is 11.6 Å². The van der Waals surface area contributed by atoms with Crippen molar-refractivity contribution < 1.29 is 4.74 Å². The highest BCUT2D eigenvalue weighted by Gasteiger charge is 2.12. The largest absolute Gasteiger partial charge is 0.497 e. The van der Waals surface area contributed by atoms with Crippen LogP contribution in [-0.4, -0.2) is 36.7 Å². The van der Waals surface area contributed by atoms with E-state index in [-0.39, 0.29) is 0 Å². The number of rotatable bonds is 4. The standard InChI is InChI=1S/C12H16ClN3O/c1-15(2)16-11-8-9(17-3)4-5-10(11)14-12(16)6-7-13/h4-5,8H,6-7H2,1-3H3. The van der Waals surface area contributed by atoms with Crippen molar-refractivity contribution in [2.24, 2.45) is 0 Å². The van der Waals surface area contributed by atoms with Crippen molar-refractivity contribution >= 4 is 22.6 Å². The Morgan fingerprint density at radius 1 is 1.41 bits per heavy atom. The summed E-state index contributed by atoms with van der Waals surface area (Å²) in [7, 11) is 5.63. The molecule has 2 rings (SSSR count). The summed E-state index contributed by atoms with van der Waals surface area (Å²) in [6.07, 6.45) is 0.747. The van der Waals surface area contributed by atoms with Crippen LogP contribution in [0.2, 0.25) is 0 Å². The first kappa shape index (κ1) is 12.0. The third kappa shape index (κ3) is 2.17. The molecule has 1 aromatic carbocycles. The second-order valence-corrected chi connectivity index (χ2v) is 4.36. The minimum Gasteiger partial charge on any atom is -0.497 e. The van der Waals surface area contributed by atoms with Gasteiger partial charge < -0.3 is 9.75 Å². The Bertz CT molecular complexity index is 522. The molecular formula is C12H16ClN3O. The first-order chi connectivity index (χ1) is 8.17. The van der Waals surface area contributed by atoms with Gasteiger partial charge in [-0.25, -0.2) is 9.66 Å². The Balaban J connectivity index is 2.63. The maximum Gasteiger partial charge on any atom is 0.130 e. The Hall–Kier alpha value is -1.42. The maximum absolute atomic E-state index is 5.80. The van der Waals surface area contributed by atoms with Crippen LogP contribution in [0.25, 0.3) is 11.0 Å². The first-order valence-electron chi connectivity index (χ1n) is 5.46. The number of methoxy groups -OCH3 is 1. The molecule has 0 aliphatic rings. The van der Waals surface area contributed by atoms with E-state index >= 15 is 0 Å². The molecule has 0 unspecified atom stereocenters. The number of nitrogens with zero attached hydrogens (tertiary/aromatic N) is 3. The molecule has 1 aromatic heterocycles.